The lowest BCUT2D eigenvalue weighted by Crippen LogP contribution is -2.68. The van der Waals surface area contributed by atoms with Crippen molar-refractivity contribution >= 4 is 11.9 Å². The first-order valence-electron chi connectivity index (χ1n) is 24.7. The van der Waals surface area contributed by atoms with Gasteiger partial charge in [-0.2, -0.15) is 0 Å². The number of methoxy groups -OCH3 is 1. The number of aliphatic hydroxyl groups is 9. The smallest absolute Gasteiger partial charge is 0.337 e. The Kier molecular flexibility index (Phi) is 13.0. The zero-order chi connectivity index (χ0) is 49.6. The molecule has 2 bridgehead atoms. The fourth-order valence-corrected chi connectivity index (χ4v) is 15.8. The van der Waals surface area contributed by atoms with Crippen molar-refractivity contribution in [3.05, 3.63) is 11.6 Å². The van der Waals surface area contributed by atoms with Gasteiger partial charge in [-0.15, -0.1) is 0 Å². The fraction of sp³-hybridized carbons (Fsp3) is 0.918. The van der Waals surface area contributed by atoms with Crippen molar-refractivity contribution in [1.82, 2.24) is 0 Å². The summed E-state index contributed by atoms with van der Waals surface area (Å²) in [5.74, 6) is -1.12. The predicted octanol–water partition coefficient (Wildman–Crippen LogP) is 0.336. The molecule has 19 heteroatoms. The van der Waals surface area contributed by atoms with Gasteiger partial charge < -0.3 is 83.9 Å². The Labute approximate surface area is 397 Å². The van der Waals surface area contributed by atoms with Crippen LogP contribution in [0.25, 0.3) is 0 Å². The molecular formula is C49H76O19. The van der Waals surface area contributed by atoms with Crippen LogP contribution in [0.2, 0.25) is 0 Å². The second-order valence-electron chi connectivity index (χ2n) is 23.9. The molecule has 5 aliphatic carbocycles. The third-order valence-corrected chi connectivity index (χ3v) is 19.7. The van der Waals surface area contributed by atoms with E-state index in [-0.39, 0.29) is 46.1 Å². The number of esters is 2. The van der Waals surface area contributed by atoms with E-state index in [0.717, 1.165) is 32.8 Å². The van der Waals surface area contributed by atoms with Crippen molar-refractivity contribution in [2.75, 3.05) is 13.7 Å². The molecule has 19 nitrogen and oxygen atoms in total. The van der Waals surface area contributed by atoms with Crippen LogP contribution in [0.15, 0.2) is 11.6 Å². The number of allylic oxidation sites excluding steroid dienone is 1. The van der Waals surface area contributed by atoms with Crippen molar-refractivity contribution in [1.29, 1.82) is 0 Å². The first kappa shape index (κ1) is 51.0. The van der Waals surface area contributed by atoms with Gasteiger partial charge in [0.1, 0.15) is 72.6 Å². The molecule has 1 spiro atoms. The number of fused-ring (bicyclic) bond motifs is 8. The van der Waals surface area contributed by atoms with E-state index in [0.29, 0.717) is 25.7 Å². The maximum absolute atomic E-state index is 14.0. The molecule has 4 saturated heterocycles. The van der Waals surface area contributed by atoms with Crippen LogP contribution in [-0.2, 0) is 47.5 Å². The molecule has 4 heterocycles. The largest absolute Gasteiger partial charge is 0.467 e. The Morgan fingerprint density at radius 2 is 1.37 bits per heavy atom. The zero-order valence-corrected chi connectivity index (χ0v) is 40.7. The van der Waals surface area contributed by atoms with Gasteiger partial charge in [0, 0.05) is 11.8 Å². The molecule has 4 aliphatic heterocycles. The Morgan fingerprint density at radius 3 is 2.03 bits per heavy atom. The molecule has 4 saturated carbocycles. The standard InChI is InChI=1S/C49H76O19/c1-20-29(52)31(54)35(58)40(62-20)67-37-32(55)30(53)23(19-50)63-41(37)68-38-34(57)33(56)36(39(59)61-9)66-42(38)64-27-13-14-46(6)24(45(27,4)5)12-15-47(7)25(46)11-10-21-22-16-44(2,3)17-26(51)49(22)18-28(48(21,47)8)65-43(49)60/h10,20,22-38,40-42,50-58H,11-19H2,1-9H3/t20-,22-,23+,24-,25+,26-,27-,28+,29-,30+,31+,32-,33-,34-,35+,36-,37+,38+,40-,41-,42+,46-,47+,48-,49-/m0/s1. The highest BCUT2D eigenvalue weighted by atomic mass is 16.8. The van der Waals surface area contributed by atoms with E-state index >= 15 is 0 Å². The van der Waals surface area contributed by atoms with Gasteiger partial charge in [0.15, 0.2) is 25.0 Å². The van der Waals surface area contributed by atoms with Crippen molar-refractivity contribution in [2.45, 2.75) is 217 Å². The molecule has 9 N–H and O–H groups in total. The molecule has 9 aliphatic rings. The van der Waals surface area contributed by atoms with Crippen molar-refractivity contribution in [3.8, 4) is 0 Å². The van der Waals surface area contributed by atoms with Crippen LogP contribution in [0, 0.1) is 50.2 Å². The molecule has 0 unspecified atom stereocenters. The van der Waals surface area contributed by atoms with Crippen LogP contribution < -0.4 is 0 Å². The summed E-state index contributed by atoms with van der Waals surface area (Å²) < 4.78 is 48.2. The number of hydrogen-bond acceptors (Lipinski definition) is 19. The summed E-state index contributed by atoms with van der Waals surface area (Å²) in [6.45, 7) is 16.3. The molecule has 386 valence electrons. The Bertz CT molecular complexity index is 1960. The highest BCUT2D eigenvalue weighted by Gasteiger charge is 2.77. The van der Waals surface area contributed by atoms with Gasteiger partial charge in [-0.05, 0) is 91.3 Å². The SMILES string of the molecule is COC(=O)[C@H]1O[C@@H](O[C@H]2CC[C@]3(C)[C@H]4CC=C5[C@@H]6CC(C)(C)C[C@H](O)[C@]67C[C@@H](OC7=O)[C@@]5(C)[C@]4(C)CC[C@H]3C2(C)C)[C@H](O[C@@H]2O[C@H](CO)[C@@H](O)[C@H](O)[C@H]2O[C@@H]2O[C@@H](C)[C@H](O)[C@@H](O)[C@H]2O)[C@@H](O)[C@@H]1O. The van der Waals surface area contributed by atoms with Gasteiger partial charge in [-0.25, -0.2) is 4.79 Å². The summed E-state index contributed by atoms with van der Waals surface area (Å²) in [6.07, 6.45) is -19.1. The summed E-state index contributed by atoms with van der Waals surface area (Å²) in [4.78, 5) is 27.1. The van der Waals surface area contributed by atoms with Gasteiger partial charge in [0.25, 0.3) is 0 Å². The number of ether oxygens (including phenoxy) is 8. The lowest BCUT2D eigenvalue weighted by molar-refractivity contribution is -0.395. The third kappa shape index (κ3) is 7.29. The number of carbonyl (C=O) groups is 2. The second-order valence-corrected chi connectivity index (χ2v) is 23.9. The summed E-state index contributed by atoms with van der Waals surface area (Å²) in [6, 6.07) is 0. The van der Waals surface area contributed by atoms with E-state index in [1.807, 2.05) is 0 Å². The van der Waals surface area contributed by atoms with E-state index in [2.05, 4.69) is 54.5 Å². The summed E-state index contributed by atoms with van der Waals surface area (Å²) in [7, 11) is 1.10. The molecule has 0 aromatic rings. The molecule has 0 amide bonds. The predicted molar refractivity (Wildman–Crippen MR) is 233 cm³/mol. The van der Waals surface area contributed by atoms with Crippen molar-refractivity contribution < 1.29 is 93.4 Å². The van der Waals surface area contributed by atoms with Crippen LogP contribution in [-0.4, -0.2) is 182 Å². The molecule has 0 aromatic heterocycles. The minimum Gasteiger partial charge on any atom is -0.467 e. The molecule has 25 atom stereocenters. The van der Waals surface area contributed by atoms with Crippen LogP contribution in [0.5, 0.6) is 0 Å². The molecule has 0 radical (unpaired) electrons. The maximum atomic E-state index is 14.0. The third-order valence-electron chi connectivity index (χ3n) is 19.7. The van der Waals surface area contributed by atoms with Crippen LogP contribution in [0.4, 0.5) is 0 Å². The van der Waals surface area contributed by atoms with Gasteiger partial charge >= 0.3 is 11.9 Å². The molecule has 8 fully saturated rings. The Balaban J connectivity index is 1.000. The average molecular weight is 969 g/mol. The maximum Gasteiger partial charge on any atom is 0.337 e. The van der Waals surface area contributed by atoms with Crippen molar-refractivity contribution in [2.24, 2.45) is 50.2 Å². The second kappa shape index (κ2) is 17.4. The quantitative estimate of drug-likeness (QED) is 0.0900. The molecular weight excluding hydrogens is 893 g/mol. The number of hydrogen-bond donors (Lipinski definition) is 9. The Morgan fingerprint density at radius 1 is 0.721 bits per heavy atom. The van der Waals surface area contributed by atoms with Crippen LogP contribution in [0.1, 0.15) is 107 Å². The number of rotatable bonds is 8. The van der Waals surface area contributed by atoms with E-state index < -0.39 is 133 Å². The summed E-state index contributed by atoms with van der Waals surface area (Å²) in [5, 5.41) is 98.9. The van der Waals surface area contributed by atoms with Crippen LogP contribution in [0.3, 0.4) is 0 Å². The zero-order valence-electron chi connectivity index (χ0n) is 40.7. The van der Waals surface area contributed by atoms with E-state index in [1.165, 1.54) is 12.5 Å². The minimum absolute atomic E-state index is 0.0732. The first-order valence-corrected chi connectivity index (χ1v) is 24.7. The highest BCUT2D eigenvalue weighted by Crippen LogP contribution is 2.77. The minimum atomic E-state index is -1.92. The number of carbonyl (C=O) groups excluding carboxylic acids is 2. The lowest BCUT2D eigenvalue weighted by Gasteiger charge is -2.71. The average Bonchev–Trinajstić information content (AvgIpc) is 3.60. The monoisotopic (exact) mass is 968 g/mol. The molecule has 0 aromatic carbocycles. The Hall–Kier alpha value is -1.92. The van der Waals surface area contributed by atoms with Crippen LogP contribution >= 0.6 is 0 Å². The number of aliphatic hydroxyl groups excluding tert-OH is 9. The normalized spacial score (nSPS) is 54.8. The van der Waals surface area contributed by atoms with E-state index in [4.69, 9.17) is 37.9 Å². The molecule has 9 rings (SSSR count). The van der Waals surface area contributed by atoms with Gasteiger partial charge in [-0.3, -0.25) is 4.79 Å². The highest BCUT2D eigenvalue weighted by molar-refractivity contribution is 5.83. The topological polar surface area (TPSA) is 290 Å². The van der Waals surface area contributed by atoms with Gasteiger partial charge in [0.05, 0.1) is 32.0 Å². The first-order chi connectivity index (χ1) is 31.7. The summed E-state index contributed by atoms with van der Waals surface area (Å²) >= 11 is 0. The van der Waals surface area contributed by atoms with Crippen molar-refractivity contribution in [3.63, 3.8) is 0 Å². The van der Waals surface area contributed by atoms with Gasteiger partial charge in [-0.1, -0.05) is 60.1 Å². The molecule has 68 heavy (non-hydrogen) atoms. The van der Waals surface area contributed by atoms with E-state index in [9.17, 15) is 55.5 Å². The van der Waals surface area contributed by atoms with Gasteiger partial charge in [0.2, 0.25) is 0 Å². The van der Waals surface area contributed by atoms with E-state index in [1.54, 1.807) is 0 Å². The fourth-order valence-electron chi connectivity index (χ4n) is 15.8. The summed E-state index contributed by atoms with van der Waals surface area (Å²) in [5.41, 5.74) is -1.36. The lowest BCUT2D eigenvalue weighted by atomic mass is 9.33.